The normalized spacial score (nSPS) is 10.1. The molecule has 0 radical (unpaired) electrons. The molecule has 0 atom stereocenters. The summed E-state index contributed by atoms with van der Waals surface area (Å²) in [6, 6.07) is -0.0513. The number of aliphatic carboxylic acids is 1. The van der Waals surface area contributed by atoms with Gasteiger partial charge in [-0.05, 0) is 0 Å². The van der Waals surface area contributed by atoms with Gasteiger partial charge in [0.2, 0.25) is 0 Å². The summed E-state index contributed by atoms with van der Waals surface area (Å²) < 4.78 is 0. The second kappa shape index (κ2) is 4.99. The number of carbonyl (C=O) groups is 1. The molecule has 8 heteroatoms. The van der Waals surface area contributed by atoms with Crippen LogP contribution in [0, 0.1) is 0 Å². The number of nitrogen functional groups attached to an aromatic ring is 1. The topological polar surface area (TPSA) is 97.5 Å². The van der Waals surface area contributed by atoms with Crippen molar-refractivity contribution in [3.63, 3.8) is 0 Å². The lowest BCUT2D eigenvalue weighted by Gasteiger charge is -2.01. The van der Waals surface area contributed by atoms with Crippen molar-refractivity contribution in [1.29, 1.82) is 0 Å². The van der Waals surface area contributed by atoms with E-state index in [1.807, 2.05) is 0 Å². The first-order valence-electron chi connectivity index (χ1n) is 3.54. The number of carboxylic acids is 1. The minimum atomic E-state index is -0.982. The zero-order valence-electron chi connectivity index (χ0n) is 6.99. The third-order valence-electron chi connectivity index (χ3n) is 1.25. The lowest BCUT2D eigenvalue weighted by molar-refractivity contribution is -0.136. The van der Waals surface area contributed by atoms with E-state index in [1.54, 1.807) is 0 Å². The van der Waals surface area contributed by atoms with Crippen LogP contribution < -0.4 is 11.2 Å². The van der Waals surface area contributed by atoms with Gasteiger partial charge in [0, 0.05) is 0 Å². The lowest BCUT2D eigenvalue weighted by atomic mass is 10.3. The molecule has 1 aromatic heterocycles. The van der Waals surface area contributed by atoms with E-state index in [4.69, 9.17) is 27.3 Å². The van der Waals surface area contributed by atoms with E-state index in [0.717, 1.165) is 11.3 Å². The van der Waals surface area contributed by atoms with Crippen molar-refractivity contribution in [1.82, 2.24) is 4.98 Å². The van der Waals surface area contributed by atoms with Gasteiger partial charge in [-0.1, -0.05) is 22.9 Å². The number of nitrogens with zero attached hydrogens (tertiary/aromatic N) is 1. The Bertz CT molecular complexity index is 330. The number of hydrogen-bond acceptors (Lipinski definition) is 6. The van der Waals surface area contributed by atoms with Gasteiger partial charge < -0.3 is 10.8 Å². The van der Waals surface area contributed by atoms with Gasteiger partial charge in [-0.25, -0.2) is 4.98 Å². The van der Waals surface area contributed by atoms with E-state index in [1.165, 1.54) is 0 Å². The number of nitrogens with two attached hydrogens (primary N) is 1. The third kappa shape index (κ3) is 3.02. The molecule has 1 rings (SSSR count). The van der Waals surface area contributed by atoms with Crippen LogP contribution in [0.15, 0.2) is 0 Å². The fourth-order valence-corrected chi connectivity index (χ4v) is 1.56. The molecule has 0 amide bonds. The van der Waals surface area contributed by atoms with Gasteiger partial charge in [0.25, 0.3) is 0 Å². The van der Waals surface area contributed by atoms with Gasteiger partial charge in [0.15, 0.2) is 5.13 Å². The highest BCUT2D eigenvalue weighted by Gasteiger charge is 2.12. The molecule has 0 unspecified atom stereocenters. The molecule has 1 heterocycles. The summed E-state index contributed by atoms with van der Waals surface area (Å²) in [5.74, 6) is -0.982. The average Bonchev–Trinajstić information content (AvgIpc) is 2.41. The molecule has 0 aliphatic rings. The molecular formula is C6H8ClN3O3S. The van der Waals surface area contributed by atoms with Crippen LogP contribution in [0.1, 0.15) is 5.69 Å². The SMILES string of the molecule is Nc1nc(CC(=O)O)c(NOCCl)s1. The van der Waals surface area contributed by atoms with E-state index >= 15 is 0 Å². The standard InChI is InChI=1S/C6H8ClN3O3S/c7-2-13-10-5-3(1-4(11)12)9-6(8)14-5/h10H,1-2H2,(H2,8,9)(H,11,12). The number of alkyl halides is 1. The number of hydrogen-bond donors (Lipinski definition) is 3. The Balaban J connectivity index is 2.74. The van der Waals surface area contributed by atoms with E-state index < -0.39 is 5.97 Å². The van der Waals surface area contributed by atoms with E-state index in [0.29, 0.717) is 10.7 Å². The molecule has 0 aliphatic carbocycles. The Morgan fingerprint density at radius 3 is 3.07 bits per heavy atom. The molecule has 4 N–H and O–H groups in total. The predicted molar refractivity (Wildman–Crippen MR) is 53.3 cm³/mol. The number of anilines is 2. The molecule has 0 aromatic carbocycles. The highest BCUT2D eigenvalue weighted by Crippen LogP contribution is 2.26. The number of nitrogens with one attached hydrogen (secondary N) is 1. The van der Waals surface area contributed by atoms with Gasteiger partial charge in [0.05, 0.1) is 12.1 Å². The van der Waals surface area contributed by atoms with Crippen LogP contribution in [0.5, 0.6) is 0 Å². The van der Waals surface area contributed by atoms with Gasteiger partial charge in [-0.15, -0.1) is 0 Å². The minimum Gasteiger partial charge on any atom is -0.481 e. The van der Waals surface area contributed by atoms with Crippen LogP contribution in [0.2, 0.25) is 0 Å². The van der Waals surface area contributed by atoms with Crippen molar-refractivity contribution in [2.75, 3.05) is 17.3 Å². The summed E-state index contributed by atoms with van der Waals surface area (Å²) in [4.78, 5) is 19.0. The molecule has 0 bridgehead atoms. The number of aromatic nitrogens is 1. The minimum absolute atomic E-state index is 0.0513. The molecule has 0 spiro atoms. The van der Waals surface area contributed by atoms with Crippen LogP contribution in [0.3, 0.4) is 0 Å². The molecule has 14 heavy (non-hydrogen) atoms. The maximum Gasteiger partial charge on any atom is 0.309 e. The average molecular weight is 238 g/mol. The van der Waals surface area contributed by atoms with Crippen molar-refractivity contribution in [2.45, 2.75) is 6.42 Å². The number of rotatable bonds is 5. The first-order chi connectivity index (χ1) is 6.63. The highest BCUT2D eigenvalue weighted by atomic mass is 35.5. The fraction of sp³-hybridized carbons (Fsp3) is 0.333. The van der Waals surface area contributed by atoms with Crippen LogP contribution in [0.25, 0.3) is 0 Å². The van der Waals surface area contributed by atoms with Crippen molar-refractivity contribution < 1.29 is 14.7 Å². The monoisotopic (exact) mass is 237 g/mol. The van der Waals surface area contributed by atoms with Gasteiger partial charge in [-0.2, -0.15) is 0 Å². The zero-order chi connectivity index (χ0) is 10.6. The Kier molecular flexibility index (Phi) is 3.93. The van der Waals surface area contributed by atoms with Crippen LogP contribution >= 0.6 is 22.9 Å². The van der Waals surface area contributed by atoms with E-state index in [-0.39, 0.29) is 17.6 Å². The summed E-state index contributed by atoms with van der Waals surface area (Å²) in [5.41, 5.74) is 8.22. The quantitative estimate of drug-likeness (QED) is 0.520. The van der Waals surface area contributed by atoms with E-state index in [9.17, 15) is 4.79 Å². The summed E-state index contributed by atoms with van der Waals surface area (Å²) >= 11 is 6.37. The van der Waals surface area contributed by atoms with Crippen molar-refractivity contribution >= 4 is 39.0 Å². The Labute approximate surface area is 88.6 Å². The molecule has 0 saturated carbocycles. The number of thiazole rings is 1. The summed E-state index contributed by atoms with van der Waals surface area (Å²) in [6.07, 6.45) is -0.207. The van der Waals surface area contributed by atoms with Crippen LogP contribution in [0.4, 0.5) is 10.1 Å². The number of carboxylic acid groups (broad SMARTS) is 1. The highest BCUT2D eigenvalue weighted by molar-refractivity contribution is 7.19. The second-order valence-electron chi connectivity index (χ2n) is 2.25. The Hall–Kier alpha value is -1.05. The third-order valence-corrected chi connectivity index (χ3v) is 2.18. The molecule has 1 aromatic rings. The van der Waals surface area contributed by atoms with Crippen LogP contribution in [-0.2, 0) is 16.1 Å². The fourth-order valence-electron chi connectivity index (χ4n) is 0.806. The predicted octanol–water partition coefficient (Wildman–Crippen LogP) is 0.892. The second-order valence-corrected chi connectivity index (χ2v) is 3.50. The molecule has 0 fully saturated rings. The van der Waals surface area contributed by atoms with Gasteiger partial charge >= 0.3 is 5.97 Å². The largest absolute Gasteiger partial charge is 0.481 e. The Morgan fingerprint density at radius 1 is 1.79 bits per heavy atom. The molecule has 6 nitrogen and oxygen atoms in total. The van der Waals surface area contributed by atoms with Crippen molar-refractivity contribution in [3.8, 4) is 0 Å². The van der Waals surface area contributed by atoms with Crippen LogP contribution in [-0.4, -0.2) is 22.1 Å². The molecular weight excluding hydrogens is 230 g/mol. The molecule has 0 aliphatic heterocycles. The summed E-state index contributed by atoms with van der Waals surface area (Å²) in [6.45, 7) is 0. The first kappa shape index (κ1) is 11.0. The van der Waals surface area contributed by atoms with Gasteiger partial charge in [-0.3, -0.25) is 15.1 Å². The maximum absolute atomic E-state index is 10.4. The Morgan fingerprint density at radius 2 is 2.50 bits per heavy atom. The molecule has 0 saturated heterocycles. The van der Waals surface area contributed by atoms with E-state index in [2.05, 4.69) is 10.5 Å². The summed E-state index contributed by atoms with van der Waals surface area (Å²) in [7, 11) is 0. The summed E-state index contributed by atoms with van der Waals surface area (Å²) in [5, 5.41) is 9.30. The smallest absolute Gasteiger partial charge is 0.309 e. The molecule has 78 valence electrons. The van der Waals surface area contributed by atoms with Crippen molar-refractivity contribution in [3.05, 3.63) is 5.69 Å². The van der Waals surface area contributed by atoms with Crippen molar-refractivity contribution in [2.24, 2.45) is 0 Å². The number of halogens is 1. The zero-order valence-corrected chi connectivity index (χ0v) is 8.56. The lowest BCUT2D eigenvalue weighted by Crippen LogP contribution is -2.05. The first-order valence-corrected chi connectivity index (χ1v) is 4.89. The maximum atomic E-state index is 10.4. The van der Waals surface area contributed by atoms with Gasteiger partial charge in [0.1, 0.15) is 11.1 Å².